The number of carbonyl (C=O) groups excluding carboxylic acids is 3. The van der Waals surface area contributed by atoms with Gasteiger partial charge in [-0.3, -0.25) is 0 Å². The Morgan fingerprint density at radius 1 is 0.917 bits per heavy atom. The Hall–Kier alpha value is -1.87. The lowest BCUT2D eigenvalue weighted by atomic mass is 11.3. The Balaban J connectivity index is -0.000000112. The Morgan fingerprint density at radius 2 is 1.00 bits per heavy atom. The number of nitrogens with two attached hydrogens (primary N) is 4. The lowest BCUT2D eigenvalue weighted by Gasteiger charge is -1.79. The molecule has 0 saturated heterocycles. The van der Waals surface area contributed by atoms with E-state index in [4.69, 9.17) is 4.79 Å². The molecule has 0 rings (SSSR count). The molecule has 0 aromatic rings. The first kappa shape index (κ1) is 16.6. The van der Waals surface area contributed by atoms with Gasteiger partial charge in [0.15, 0.2) is 0 Å². The predicted octanol–water partition coefficient (Wildman–Crippen LogP) is -2.27. The standard InChI is InChI=1S/2CH4N2O2.CH2O/c2*2-1(4)5-3;1-2/h2*3H2,(H2,2,4);1H2. The summed E-state index contributed by atoms with van der Waals surface area (Å²) in [6, 6.07) is 0. The van der Waals surface area contributed by atoms with Crippen LogP contribution >= 0.6 is 0 Å². The summed E-state index contributed by atoms with van der Waals surface area (Å²) in [7, 11) is 0. The summed E-state index contributed by atoms with van der Waals surface area (Å²) in [6.45, 7) is 2.00. The molecule has 0 heterocycles. The molecule has 0 fully saturated rings. The van der Waals surface area contributed by atoms with Gasteiger partial charge >= 0.3 is 12.2 Å². The first-order valence-electron chi connectivity index (χ1n) is 2.15. The van der Waals surface area contributed by atoms with Crippen LogP contribution in [0.15, 0.2) is 0 Å². The number of rotatable bonds is 0. The van der Waals surface area contributed by atoms with E-state index >= 15 is 0 Å². The molecule has 0 unspecified atom stereocenters. The zero-order valence-corrected chi connectivity index (χ0v) is 6.06. The van der Waals surface area contributed by atoms with Crippen LogP contribution in [-0.4, -0.2) is 19.0 Å². The van der Waals surface area contributed by atoms with Gasteiger partial charge in [0, 0.05) is 0 Å². The molecule has 0 aliphatic carbocycles. The van der Waals surface area contributed by atoms with E-state index in [0.29, 0.717) is 0 Å². The minimum atomic E-state index is -0.968. The Kier molecular flexibility index (Phi) is 22.2. The molecule has 8 N–H and O–H groups in total. The maximum atomic E-state index is 9.24. The summed E-state index contributed by atoms with van der Waals surface area (Å²) in [5, 5.41) is 0. The van der Waals surface area contributed by atoms with Gasteiger partial charge in [0.2, 0.25) is 0 Å². The fourth-order valence-corrected chi connectivity index (χ4v) is 0. The van der Waals surface area contributed by atoms with Crippen LogP contribution in [0.3, 0.4) is 0 Å². The highest BCUT2D eigenvalue weighted by molar-refractivity contribution is 5.64. The van der Waals surface area contributed by atoms with Gasteiger partial charge in [0.1, 0.15) is 6.79 Å². The summed E-state index contributed by atoms with van der Waals surface area (Å²) in [5.74, 6) is 8.39. The van der Waals surface area contributed by atoms with Crippen molar-refractivity contribution in [3.05, 3.63) is 0 Å². The SMILES string of the molecule is C=O.NOC(N)=O.NOC(N)=O. The summed E-state index contributed by atoms with van der Waals surface area (Å²) >= 11 is 0. The molecule has 12 heavy (non-hydrogen) atoms. The molecule has 0 bridgehead atoms. The van der Waals surface area contributed by atoms with E-state index in [1.807, 2.05) is 6.79 Å². The van der Waals surface area contributed by atoms with E-state index in [-0.39, 0.29) is 0 Å². The van der Waals surface area contributed by atoms with Crippen LogP contribution in [-0.2, 0) is 14.5 Å². The molecule has 0 spiro atoms. The van der Waals surface area contributed by atoms with E-state index in [0.717, 1.165) is 0 Å². The molecule has 0 radical (unpaired) electrons. The molecule has 2 amide bonds. The third-order valence-electron chi connectivity index (χ3n) is 0.232. The van der Waals surface area contributed by atoms with E-state index in [1.165, 1.54) is 0 Å². The highest BCUT2D eigenvalue weighted by atomic mass is 16.7. The van der Waals surface area contributed by atoms with E-state index < -0.39 is 12.2 Å². The average Bonchev–Trinajstić information content (AvgIpc) is 2.09. The zero-order chi connectivity index (χ0) is 10.6. The Labute approximate surface area is 67.5 Å². The second-order valence-electron chi connectivity index (χ2n) is 0.874. The van der Waals surface area contributed by atoms with Gasteiger partial charge in [0.05, 0.1) is 0 Å². The first-order chi connectivity index (χ1) is 5.54. The van der Waals surface area contributed by atoms with Crippen LogP contribution in [0.25, 0.3) is 0 Å². The minimum Gasteiger partial charge on any atom is -0.357 e. The molecule has 0 aliphatic heterocycles. The van der Waals surface area contributed by atoms with Crippen LogP contribution in [0.5, 0.6) is 0 Å². The largest absolute Gasteiger partial charge is 0.423 e. The van der Waals surface area contributed by atoms with Crippen molar-refractivity contribution in [1.82, 2.24) is 0 Å². The molecule has 0 saturated carbocycles. The monoisotopic (exact) mass is 182 g/mol. The maximum absolute atomic E-state index is 9.24. The third kappa shape index (κ3) is 91.1. The summed E-state index contributed by atoms with van der Waals surface area (Å²) in [6.07, 6.45) is -1.94. The minimum absolute atomic E-state index is 0.968. The smallest absolute Gasteiger partial charge is 0.357 e. The van der Waals surface area contributed by atoms with Crippen molar-refractivity contribution in [3.63, 3.8) is 0 Å². The van der Waals surface area contributed by atoms with Crippen LogP contribution in [0.4, 0.5) is 9.59 Å². The molecular weight excluding hydrogens is 172 g/mol. The van der Waals surface area contributed by atoms with Gasteiger partial charge in [-0.2, -0.15) is 11.8 Å². The molecule has 9 heteroatoms. The molecule has 72 valence electrons. The van der Waals surface area contributed by atoms with Crippen molar-refractivity contribution < 1.29 is 24.1 Å². The van der Waals surface area contributed by atoms with Crippen molar-refractivity contribution in [2.45, 2.75) is 0 Å². The number of carbonyl (C=O) groups is 3. The average molecular weight is 182 g/mol. The van der Waals surface area contributed by atoms with Gasteiger partial charge in [-0.25, -0.2) is 9.59 Å². The second-order valence-corrected chi connectivity index (χ2v) is 0.874. The van der Waals surface area contributed by atoms with Crippen molar-refractivity contribution in [1.29, 1.82) is 0 Å². The van der Waals surface area contributed by atoms with Gasteiger partial charge in [-0.05, 0) is 0 Å². The van der Waals surface area contributed by atoms with Crippen LogP contribution in [0, 0.1) is 0 Å². The second kappa shape index (κ2) is 16.1. The summed E-state index contributed by atoms with van der Waals surface area (Å²) in [4.78, 5) is 33.3. The summed E-state index contributed by atoms with van der Waals surface area (Å²) in [5.41, 5.74) is 8.61. The molecule has 0 atom stereocenters. The fourth-order valence-electron chi connectivity index (χ4n) is 0. The molecule has 9 nitrogen and oxygen atoms in total. The van der Waals surface area contributed by atoms with Crippen LogP contribution in [0.2, 0.25) is 0 Å². The van der Waals surface area contributed by atoms with Crippen LogP contribution in [0.1, 0.15) is 0 Å². The van der Waals surface area contributed by atoms with Crippen molar-refractivity contribution in [2.24, 2.45) is 23.3 Å². The lowest BCUT2D eigenvalue weighted by Crippen LogP contribution is -2.16. The lowest BCUT2D eigenvalue weighted by molar-refractivity contribution is -0.0980. The van der Waals surface area contributed by atoms with Crippen molar-refractivity contribution >= 4 is 19.0 Å². The predicted molar refractivity (Wildman–Crippen MR) is 36.8 cm³/mol. The number of hydrogen-bond acceptors (Lipinski definition) is 7. The molecule has 0 aromatic heterocycles. The molecule has 0 aromatic carbocycles. The highest BCUT2D eigenvalue weighted by Crippen LogP contribution is 1.49. The number of amides is 2. The number of hydrogen-bond donors (Lipinski definition) is 4. The quantitative estimate of drug-likeness (QED) is 0.305. The van der Waals surface area contributed by atoms with Gasteiger partial charge < -0.3 is 25.9 Å². The third-order valence-corrected chi connectivity index (χ3v) is 0.232. The zero-order valence-electron chi connectivity index (χ0n) is 6.06. The maximum Gasteiger partial charge on any atom is 0.423 e. The van der Waals surface area contributed by atoms with Crippen molar-refractivity contribution in [2.75, 3.05) is 0 Å². The van der Waals surface area contributed by atoms with Gasteiger partial charge in [0.25, 0.3) is 0 Å². The van der Waals surface area contributed by atoms with E-state index in [1.54, 1.807) is 0 Å². The topological polar surface area (TPSA) is 174 Å². The van der Waals surface area contributed by atoms with Gasteiger partial charge in [-0.1, -0.05) is 0 Å². The van der Waals surface area contributed by atoms with E-state index in [2.05, 4.69) is 32.9 Å². The molecular formula is C3H10N4O5. The van der Waals surface area contributed by atoms with Crippen LogP contribution < -0.4 is 23.3 Å². The highest BCUT2D eigenvalue weighted by Gasteiger charge is 1.78. The summed E-state index contributed by atoms with van der Waals surface area (Å²) < 4.78 is 0. The normalized spacial score (nSPS) is 5.83. The fraction of sp³-hybridized carbons (Fsp3) is 0. The van der Waals surface area contributed by atoms with E-state index in [9.17, 15) is 9.59 Å². The molecule has 0 aliphatic rings. The van der Waals surface area contributed by atoms with Gasteiger partial charge in [-0.15, -0.1) is 0 Å². The first-order valence-corrected chi connectivity index (χ1v) is 2.15. The Morgan fingerprint density at radius 3 is 1.00 bits per heavy atom. The Bertz CT molecular complexity index is 114. The number of primary amides is 2. The van der Waals surface area contributed by atoms with Crippen molar-refractivity contribution in [3.8, 4) is 0 Å².